The summed E-state index contributed by atoms with van der Waals surface area (Å²) in [6, 6.07) is 16.0. The second kappa shape index (κ2) is 10.4. The summed E-state index contributed by atoms with van der Waals surface area (Å²) in [6.45, 7) is 0.906. The summed E-state index contributed by atoms with van der Waals surface area (Å²) in [7, 11) is -2.98. The van der Waals surface area contributed by atoms with Crippen molar-refractivity contribution in [2.45, 2.75) is 50.0 Å². The van der Waals surface area contributed by atoms with Crippen LogP contribution in [0.4, 0.5) is 10.1 Å². The van der Waals surface area contributed by atoms with E-state index in [0.29, 0.717) is 55.3 Å². The van der Waals surface area contributed by atoms with Crippen molar-refractivity contribution in [2.75, 3.05) is 29.5 Å². The van der Waals surface area contributed by atoms with Crippen LogP contribution in [0.5, 0.6) is 0 Å². The SMILES string of the molecule is N#CC1(NC(=O)C2CCCCC2c2oc(-c3ccc(F)cc3)nc2-c2ccc(N3CCS(=O)(=O)CC3)cc2)CC1. The van der Waals surface area contributed by atoms with E-state index in [9.17, 15) is 22.9 Å². The molecule has 8 nitrogen and oxygen atoms in total. The average molecular weight is 563 g/mol. The van der Waals surface area contributed by atoms with Gasteiger partial charge in [0.1, 0.15) is 22.8 Å². The number of benzene rings is 2. The minimum Gasteiger partial charge on any atom is -0.440 e. The zero-order chi connectivity index (χ0) is 27.9. The number of anilines is 1. The normalized spacial score (nSPS) is 23.2. The predicted octanol–water partition coefficient (Wildman–Crippen LogP) is 4.83. The number of hydrogen-bond donors (Lipinski definition) is 1. The van der Waals surface area contributed by atoms with Crippen LogP contribution in [0.3, 0.4) is 0 Å². The average Bonchev–Trinajstić information content (AvgIpc) is 3.60. The molecular formula is C30H31FN4O4S. The fraction of sp³-hybridized carbons (Fsp3) is 0.433. The number of amides is 1. The molecule has 2 atom stereocenters. The fourth-order valence-corrected chi connectivity index (χ4v) is 6.98. The molecular weight excluding hydrogens is 531 g/mol. The number of hydrogen-bond acceptors (Lipinski definition) is 7. The zero-order valence-electron chi connectivity index (χ0n) is 22.1. The lowest BCUT2D eigenvalue weighted by molar-refractivity contribution is -0.127. The number of nitrogens with zero attached hydrogens (tertiary/aromatic N) is 3. The second-order valence-electron chi connectivity index (χ2n) is 11.1. The molecule has 3 aliphatic rings. The summed E-state index contributed by atoms with van der Waals surface area (Å²) < 4.78 is 43.7. The quantitative estimate of drug-likeness (QED) is 0.458. The molecule has 2 saturated carbocycles. The number of sulfone groups is 1. The van der Waals surface area contributed by atoms with Gasteiger partial charge in [-0.3, -0.25) is 4.79 Å². The predicted molar refractivity (Wildman–Crippen MR) is 149 cm³/mol. The Morgan fingerprint density at radius 1 is 1.02 bits per heavy atom. The van der Waals surface area contributed by atoms with Gasteiger partial charge in [-0.25, -0.2) is 17.8 Å². The Kier molecular flexibility index (Phi) is 6.87. The first-order valence-electron chi connectivity index (χ1n) is 13.8. The van der Waals surface area contributed by atoms with Crippen LogP contribution in [0, 0.1) is 23.1 Å². The van der Waals surface area contributed by atoms with Crippen LogP contribution in [0.2, 0.25) is 0 Å². The number of halogens is 1. The third-order valence-corrected chi connectivity index (χ3v) is 9.97. The van der Waals surface area contributed by atoms with Gasteiger partial charge in [0.25, 0.3) is 0 Å². The minimum absolute atomic E-state index is 0.121. The molecule has 2 aromatic carbocycles. The van der Waals surface area contributed by atoms with E-state index in [-0.39, 0.29) is 35.1 Å². The number of carbonyl (C=O) groups excluding carboxylic acids is 1. The summed E-state index contributed by atoms with van der Waals surface area (Å²) in [6.07, 6.45) is 4.65. The van der Waals surface area contributed by atoms with Gasteiger partial charge in [0.15, 0.2) is 9.84 Å². The maximum absolute atomic E-state index is 13.6. The van der Waals surface area contributed by atoms with Crippen molar-refractivity contribution >= 4 is 21.4 Å². The molecule has 1 aromatic heterocycles. The van der Waals surface area contributed by atoms with Crippen molar-refractivity contribution in [3.05, 3.63) is 60.1 Å². The molecule has 10 heteroatoms. The van der Waals surface area contributed by atoms with Crippen molar-refractivity contribution in [3.8, 4) is 28.8 Å². The van der Waals surface area contributed by atoms with Gasteiger partial charge in [0.2, 0.25) is 11.8 Å². The van der Waals surface area contributed by atoms with E-state index in [1.165, 1.54) is 12.1 Å². The topological polar surface area (TPSA) is 116 Å². The Balaban J connectivity index is 1.35. The highest BCUT2D eigenvalue weighted by molar-refractivity contribution is 7.91. The molecule has 1 saturated heterocycles. The highest BCUT2D eigenvalue weighted by Crippen LogP contribution is 2.45. The first-order chi connectivity index (χ1) is 19.3. The molecule has 0 bridgehead atoms. The molecule has 2 heterocycles. The van der Waals surface area contributed by atoms with Crippen LogP contribution >= 0.6 is 0 Å². The smallest absolute Gasteiger partial charge is 0.226 e. The van der Waals surface area contributed by atoms with Gasteiger partial charge in [0.05, 0.1) is 17.6 Å². The molecule has 1 aliphatic heterocycles. The molecule has 208 valence electrons. The summed E-state index contributed by atoms with van der Waals surface area (Å²) in [4.78, 5) is 20.3. The lowest BCUT2D eigenvalue weighted by Crippen LogP contribution is -2.42. The molecule has 40 heavy (non-hydrogen) atoms. The summed E-state index contributed by atoms with van der Waals surface area (Å²) in [5.41, 5.74) is 2.28. The molecule has 3 aromatic rings. The van der Waals surface area contributed by atoms with Crippen LogP contribution < -0.4 is 10.2 Å². The van der Waals surface area contributed by atoms with Crippen LogP contribution in [-0.4, -0.2) is 49.4 Å². The Hall–Kier alpha value is -3.71. The van der Waals surface area contributed by atoms with Gasteiger partial charge < -0.3 is 14.6 Å². The molecule has 2 unspecified atom stereocenters. The first-order valence-corrected chi connectivity index (χ1v) is 15.6. The lowest BCUT2D eigenvalue weighted by atomic mass is 9.76. The van der Waals surface area contributed by atoms with Crippen LogP contribution in [0.15, 0.2) is 52.9 Å². The third-order valence-electron chi connectivity index (χ3n) is 8.36. The number of aromatic nitrogens is 1. The second-order valence-corrected chi connectivity index (χ2v) is 13.4. The molecule has 0 spiro atoms. The van der Waals surface area contributed by atoms with E-state index in [0.717, 1.165) is 30.5 Å². The van der Waals surface area contributed by atoms with Gasteiger partial charge in [-0.2, -0.15) is 5.26 Å². The van der Waals surface area contributed by atoms with E-state index in [1.54, 1.807) is 12.1 Å². The number of nitrogens with one attached hydrogen (secondary N) is 1. The van der Waals surface area contributed by atoms with E-state index in [4.69, 9.17) is 9.40 Å². The number of oxazole rings is 1. The Morgan fingerprint density at radius 2 is 1.68 bits per heavy atom. The molecule has 6 rings (SSSR count). The molecule has 0 radical (unpaired) electrons. The Morgan fingerprint density at radius 3 is 2.33 bits per heavy atom. The summed E-state index contributed by atoms with van der Waals surface area (Å²) in [5.74, 6) is 0.225. The molecule has 2 aliphatic carbocycles. The maximum atomic E-state index is 13.6. The van der Waals surface area contributed by atoms with Crippen LogP contribution in [0.1, 0.15) is 50.2 Å². The van der Waals surface area contributed by atoms with Gasteiger partial charge in [0, 0.05) is 41.7 Å². The lowest BCUT2D eigenvalue weighted by Gasteiger charge is -2.30. The van der Waals surface area contributed by atoms with Gasteiger partial charge in [-0.15, -0.1) is 0 Å². The highest BCUT2D eigenvalue weighted by Gasteiger charge is 2.47. The molecule has 1 amide bonds. The fourth-order valence-electron chi connectivity index (χ4n) is 5.78. The van der Waals surface area contributed by atoms with Crippen LogP contribution in [0.25, 0.3) is 22.7 Å². The molecule has 3 fully saturated rings. The van der Waals surface area contributed by atoms with Gasteiger partial charge in [-0.05, 0) is 62.1 Å². The highest BCUT2D eigenvalue weighted by atomic mass is 32.2. The standard InChI is InChI=1S/C30H31FN4O4S/c31-22-9-5-21(6-10-22)29-33-26(20-7-11-23(12-8-20)35-15-17-40(37,38)18-16-35)27(39-29)24-3-1-2-4-25(24)28(36)34-30(19-32)13-14-30/h5-12,24-25H,1-4,13-18H2,(H,34,36). The third kappa shape index (κ3) is 5.35. The van der Waals surface area contributed by atoms with E-state index in [2.05, 4.69) is 16.3 Å². The Labute approximate surface area is 233 Å². The maximum Gasteiger partial charge on any atom is 0.226 e. The molecule has 1 N–H and O–H groups in total. The first kappa shape index (κ1) is 26.5. The minimum atomic E-state index is -2.98. The van der Waals surface area contributed by atoms with Gasteiger partial charge >= 0.3 is 0 Å². The summed E-state index contributed by atoms with van der Waals surface area (Å²) >= 11 is 0. The van der Waals surface area contributed by atoms with Crippen molar-refractivity contribution in [1.82, 2.24) is 10.3 Å². The monoisotopic (exact) mass is 562 g/mol. The van der Waals surface area contributed by atoms with Crippen molar-refractivity contribution in [3.63, 3.8) is 0 Å². The van der Waals surface area contributed by atoms with E-state index < -0.39 is 15.4 Å². The van der Waals surface area contributed by atoms with E-state index >= 15 is 0 Å². The number of nitriles is 1. The van der Waals surface area contributed by atoms with Crippen LogP contribution in [-0.2, 0) is 14.6 Å². The largest absolute Gasteiger partial charge is 0.440 e. The zero-order valence-corrected chi connectivity index (χ0v) is 22.9. The van der Waals surface area contributed by atoms with Crippen molar-refractivity contribution < 1.29 is 22.0 Å². The van der Waals surface area contributed by atoms with Crippen molar-refractivity contribution in [2.24, 2.45) is 5.92 Å². The van der Waals surface area contributed by atoms with E-state index in [1.807, 2.05) is 24.3 Å². The number of carbonyl (C=O) groups is 1. The summed E-state index contributed by atoms with van der Waals surface area (Å²) in [5, 5.41) is 12.5. The van der Waals surface area contributed by atoms with Crippen molar-refractivity contribution in [1.29, 1.82) is 5.26 Å². The van der Waals surface area contributed by atoms with Gasteiger partial charge in [-0.1, -0.05) is 25.0 Å². The Bertz CT molecular complexity index is 1540. The number of rotatable bonds is 6.